The number of ether oxygens (including phenoxy) is 1. The van der Waals surface area contributed by atoms with Crippen molar-refractivity contribution in [3.05, 3.63) is 29.8 Å². The van der Waals surface area contributed by atoms with Crippen molar-refractivity contribution in [3.63, 3.8) is 0 Å². The molecule has 2 heterocycles. The standard InChI is InChI=1S/C17H24N2O2/c1-2-10-21-13-6-5-9-19(12-13)17(20)15-11-18-16-8-4-3-7-14(15)16/h3-4,7-8,13,15,18H,2,5-6,9-12H2,1H3. The molecule has 1 aromatic carbocycles. The maximum absolute atomic E-state index is 12.8. The fraction of sp³-hybridized carbons (Fsp3) is 0.588. The van der Waals surface area contributed by atoms with Crippen LogP contribution in [0, 0.1) is 0 Å². The lowest BCUT2D eigenvalue weighted by molar-refractivity contribution is -0.136. The molecule has 1 saturated heterocycles. The molecular weight excluding hydrogens is 264 g/mol. The Balaban J connectivity index is 1.65. The van der Waals surface area contributed by atoms with Crippen LogP contribution in [0.25, 0.3) is 0 Å². The molecule has 1 aromatic rings. The molecule has 0 radical (unpaired) electrons. The molecule has 1 fully saturated rings. The monoisotopic (exact) mass is 288 g/mol. The number of para-hydroxylation sites is 1. The molecule has 2 aliphatic rings. The number of anilines is 1. The molecule has 4 nitrogen and oxygen atoms in total. The van der Waals surface area contributed by atoms with Crippen molar-refractivity contribution in [1.82, 2.24) is 4.90 Å². The molecule has 2 unspecified atom stereocenters. The Morgan fingerprint density at radius 1 is 1.43 bits per heavy atom. The highest BCUT2D eigenvalue weighted by Crippen LogP contribution is 2.33. The SMILES string of the molecule is CCCOC1CCCN(C(=O)C2CNc3ccccc32)C1. The van der Waals surface area contributed by atoms with Crippen molar-refractivity contribution in [1.29, 1.82) is 0 Å². The average Bonchev–Trinajstić information content (AvgIpc) is 2.96. The zero-order chi connectivity index (χ0) is 14.7. The van der Waals surface area contributed by atoms with Gasteiger partial charge in [0.2, 0.25) is 5.91 Å². The summed E-state index contributed by atoms with van der Waals surface area (Å²) in [4.78, 5) is 14.8. The molecule has 0 spiro atoms. The first-order chi connectivity index (χ1) is 10.3. The molecule has 0 saturated carbocycles. The van der Waals surface area contributed by atoms with Crippen LogP contribution in [0.4, 0.5) is 5.69 Å². The van der Waals surface area contributed by atoms with E-state index in [2.05, 4.69) is 18.3 Å². The van der Waals surface area contributed by atoms with Crippen LogP contribution < -0.4 is 5.32 Å². The number of rotatable bonds is 4. The summed E-state index contributed by atoms with van der Waals surface area (Å²) in [7, 11) is 0. The van der Waals surface area contributed by atoms with Crippen LogP contribution >= 0.6 is 0 Å². The van der Waals surface area contributed by atoms with Gasteiger partial charge in [-0.15, -0.1) is 0 Å². The van der Waals surface area contributed by atoms with Crippen molar-refractivity contribution in [2.45, 2.75) is 38.2 Å². The number of amides is 1. The average molecular weight is 288 g/mol. The Hall–Kier alpha value is -1.55. The second-order valence-corrected chi connectivity index (χ2v) is 5.94. The smallest absolute Gasteiger partial charge is 0.232 e. The molecule has 1 amide bonds. The van der Waals surface area contributed by atoms with E-state index in [-0.39, 0.29) is 17.9 Å². The van der Waals surface area contributed by atoms with Gasteiger partial charge in [0.15, 0.2) is 0 Å². The third-order valence-electron chi connectivity index (χ3n) is 4.38. The topological polar surface area (TPSA) is 41.6 Å². The van der Waals surface area contributed by atoms with Crippen LogP contribution in [0.1, 0.15) is 37.7 Å². The Bertz CT molecular complexity index is 503. The van der Waals surface area contributed by atoms with E-state index in [1.165, 1.54) is 0 Å². The van der Waals surface area contributed by atoms with Crippen molar-refractivity contribution in [3.8, 4) is 0 Å². The molecule has 21 heavy (non-hydrogen) atoms. The molecule has 0 aliphatic carbocycles. The van der Waals surface area contributed by atoms with Gasteiger partial charge in [0.25, 0.3) is 0 Å². The fourth-order valence-corrected chi connectivity index (χ4v) is 3.28. The number of carbonyl (C=O) groups excluding carboxylic acids is 1. The Labute approximate surface area is 126 Å². The van der Waals surface area contributed by atoms with Crippen LogP contribution in [0.2, 0.25) is 0 Å². The van der Waals surface area contributed by atoms with Gasteiger partial charge in [-0.3, -0.25) is 4.79 Å². The summed E-state index contributed by atoms with van der Waals surface area (Å²) in [6, 6.07) is 8.13. The number of nitrogens with one attached hydrogen (secondary N) is 1. The zero-order valence-corrected chi connectivity index (χ0v) is 12.7. The molecular formula is C17H24N2O2. The molecule has 4 heteroatoms. The lowest BCUT2D eigenvalue weighted by Crippen LogP contribution is -2.45. The number of hydrogen-bond donors (Lipinski definition) is 1. The third kappa shape index (κ3) is 3.05. The van der Waals surface area contributed by atoms with Crippen molar-refractivity contribution in [2.75, 3.05) is 31.6 Å². The van der Waals surface area contributed by atoms with E-state index < -0.39 is 0 Å². The first-order valence-electron chi connectivity index (χ1n) is 8.02. The van der Waals surface area contributed by atoms with E-state index >= 15 is 0 Å². The maximum Gasteiger partial charge on any atom is 0.232 e. The number of benzene rings is 1. The zero-order valence-electron chi connectivity index (χ0n) is 12.7. The molecule has 2 atom stereocenters. The Kier molecular flexibility index (Phi) is 4.44. The summed E-state index contributed by atoms with van der Waals surface area (Å²) in [5.74, 6) is 0.211. The quantitative estimate of drug-likeness (QED) is 0.926. The highest BCUT2D eigenvalue weighted by molar-refractivity contribution is 5.88. The second-order valence-electron chi connectivity index (χ2n) is 5.94. The van der Waals surface area contributed by atoms with Gasteiger partial charge in [-0.25, -0.2) is 0 Å². The Morgan fingerprint density at radius 2 is 2.29 bits per heavy atom. The van der Waals surface area contributed by atoms with Crippen LogP contribution in [0.15, 0.2) is 24.3 Å². The van der Waals surface area contributed by atoms with E-state index in [1.807, 2.05) is 23.1 Å². The lowest BCUT2D eigenvalue weighted by atomic mass is 9.98. The molecule has 3 rings (SSSR count). The largest absolute Gasteiger partial charge is 0.384 e. The third-order valence-corrected chi connectivity index (χ3v) is 4.38. The summed E-state index contributed by atoms with van der Waals surface area (Å²) in [6.45, 7) is 5.24. The maximum atomic E-state index is 12.8. The predicted octanol–water partition coefficient (Wildman–Crippen LogP) is 2.61. The minimum Gasteiger partial charge on any atom is -0.384 e. The van der Waals surface area contributed by atoms with Crippen LogP contribution in [0.5, 0.6) is 0 Å². The normalized spacial score (nSPS) is 24.5. The number of likely N-dealkylation sites (tertiary alicyclic amines) is 1. The van der Waals surface area contributed by atoms with E-state index in [0.29, 0.717) is 0 Å². The van der Waals surface area contributed by atoms with E-state index in [0.717, 1.165) is 56.8 Å². The van der Waals surface area contributed by atoms with Gasteiger partial charge in [0.1, 0.15) is 0 Å². The predicted molar refractivity (Wildman–Crippen MR) is 83.5 cm³/mol. The summed E-state index contributed by atoms with van der Waals surface area (Å²) in [5.41, 5.74) is 2.24. The van der Waals surface area contributed by atoms with Crippen molar-refractivity contribution >= 4 is 11.6 Å². The van der Waals surface area contributed by atoms with Gasteiger partial charge >= 0.3 is 0 Å². The first kappa shape index (κ1) is 14.4. The molecule has 1 N–H and O–H groups in total. The number of nitrogens with zero attached hydrogens (tertiary/aromatic N) is 1. The minimum absolute atomic E-state index is 0.0360. The van der Waals surface area contributed by atoms with Crippen molar-refractivity contribution < 1.29 is 9.53 Å². The summed E-state index contributed by atoms with van der Waals surface area (Å²) in [5, 5.41) is 3.34. The number of carbonyl (C=O) groups is 1. The van der Waals surface area contributed by atoms with Gasteiger partial charge in [-0.2, -0.15) is 0 Å². The summed E-state index contributed by atoms with van der Waals surface area (Å²) < 4.78 is 5.84. The van der Waals surface area contributed by atoms with E-state index in [1.54, 1.807) is 0 Å². The molecule has 0 aromatic heterocycles. The van der Waals surface area contributed by atoms with Gasteiger partial charge in [0, 0.05) is 31.9 Å². The number of piperidine rings is 1. The molecule has 114 valence electrons. The van der Waals surface area contributed by atoms with Crippen LogP contribution in [0.3, 0.4) is 0 Å². The number of fused-ring (bicyclic) bond motifs is 1. The molecule has 0 bridgehead atoms. The van der Waals surface area contributed by atoms with Crippen LogP contribution in [-0.2, 0) is 9.53 Å². The van der Waals surface area contributed by atoms with Crippen LogP contribution in [-0.4, -0.2) is 43.2 Å². The van der Waals surface area contributed by atoms with Gasteiger partial charge < -0.3 is 15.0 Å². The fourth-order valence-electron chi connectivity index (χ4n) is 3.28. The minimum atomic E-state index is -0.0360. The highest BCUT2D eigenvalue weighted by atomic mass is 16.5. The summed E-state index contributed by atoms with van der Waals surface area (Å²) >= 11 is 0. The lowest BCUT2D eigenvalue weighted by Gasteiger charge is -2.34. The van der Waals surface area contributed by atoms with Gasteiger partial charge in [0.05, 0.1) is 12.0 Å². The Morgan fingerprint density at radius 3 is 3.14 bits per heavy atom. The molecule has 2 aliphatic heterocycles. The van der Waals surface area contributed by atoms with Gasteiger partial charge in [-0.05, 0) is 30.9 Å². The van der Waals surface area contributed by atoms with Gasteiger partial charge in [-0.1, -0.05) is 25.1 Å². The first-order valence-corrected chi connectivity index (χ1v) is 8.02. The second kappa shape index (κ2) is 6.48. The van der Waals surface area contributed by atoms with Crippen molar-refractivity contribution in [2.24, 2.45) is 0 Å². The van der Waals surface area contributed by atoms with E-state index in [9.17, 15) is 4.79 Å². The summed E-state index contributed by atoms with van der Waals surface area (Å²) in [6.07, 6.45) is 3.36. The van der Waals surface area contributed by atoms with E-state index in [4.69, 9.17) is 4.74 Å². The number of hydrogen-bond acceptors (Lipinski definition) is 3. The highest BCUT2D eigenvalue weighted by Gasteiger charge is 2.33.